The van der Waals surface area contributed by atoms with Gasteiger partial charge < -0.3 is 10.6 Å². The molecule has 142 valence electrons. The SMILES string of the molecule is CC(C)C(=O)Nc1ccc(CNC(=O)/C=C/c2cnc3ccccc3n2)cc1. The molecule has 0 fully saturated rings. The van der Waals surface area contributed by atoms with Crippen LogP contribution in [0.1, 0.15) is 25.1 Å². The predicted molar refractivity (Wildman–Crippen MR) is 110 cm³/mol. The molecule has 6 nitrogen and oxygen atoms in total. The Morgan fingerprint density at radius 1 is 1.04 bits per heavy atom. The van der Waals surface area contributed by atoms with Gasteiger partial charge in [0, 0.05) is 24.2 Å². The molecule has 0 atom stereocenters. The van der Waals surface area contributed by atoms with E-state index in [1.807, 2.05) is 62.4 Å². The number of carbonyl (C=O) groups excluding carboxylic acids is 2. The van der Waals surface area contributed by atoms with E-state index < -0.39 is 0 Å². The number of aromatic nitrogens is 2. The van der Waals surface area contributed by atoms with Gasteiger partial charge in [0.2, 0.25) is 11.8 Å². The maximum atomic E-state index is 12.0. The van der Waals surface area contributed by atoms with Crippen LogP contribution in [0.15, 0.2) is 60.8 Å². The van der Waals surface area contributed by atoms with E-state index in [0.29, 0.717) is 12.2 Å². The highest BCUT2D eigenvalue weighted by Crippen LogP contribution is 2.11. The normalized spacial score (nSPS) is 11.1. The zero-order chi connectivity index (χ0) is 19.9. The fraction of sp³-hybridized carbons (Fsp3) is 0.182. The lowest BCUT2D eigenvalue weighted by Crippen LogP contribution is -2.20. The maximum absolute atomic E-state index is 12.0. The van der Waals surface area contributed by atoms with Crippen molar-refractivity contribution in [3.63, 3.8) is 0 Å². The van der Waals surface area contributed by atoms with Gasteiger partial charge in [-0.15, -0.1) is 0 Å². The molecule has 2 aromatic carbocycles. The van der Waals surface area contributed by atoms with E-state index in [-0.39, 0.29) is 17.7 Å². The largest absolute Gasteiger partial charge is 0.348 e. The number of rotatable bonds is 6. The quantitative estimate of drug-likeness (QED) is 0.646. The summed E-state index contributed by atoms with van der Waals surface area (Å²) in [6, 6.07) is 15.0. The van der Waals surface area contributed by atoms with Crippen LogP contribution in [-0.4, -0.2) is 21.8 Å². The highest BCUT2D eigenvalue weighted by Gasteiger charge is 2.06. The molecule has 0 aliphatic carbocycles. The third-order valence-electron chi connectivity index (χ3n) is 4.09. The molecule has 0 spiro atoms. The van der Waals surface area contributed by atoms with Crippen molar-refractivity contribution in [3.8, 4) is 0 Å². The van der Waals surface area contributed by atoms with Gasteiger partial charge in [0.25, 0.3) is 0 Å². The van der Waals surface area contributed by atoms with Crippen molar-refractivity contribution in [2.24, 2.45) is 5.92 Å². The molecule has 1 heterocycles. The van der Waals surface area contributed by atoms with E-state index in [1.54, 1.807) is 12.3 Å². The maximum Gasteiger partial charge on any atom is 0.244 e. The third kappa shape index (κ3) is 5.23. The summed E-state index contributed by atoms with van der Waals surface area (Å²) in [5.41, 5.74) is 3.91. The van der Waals surface area contributed by atoms with Gasteiger partial charge in [-0.3, -0.25) is 14.6 Å². The standard InChI is InChI=1S/C22H22N4O2/c1-15(2)22(28)26-17-9-7-16(8-10-17)13-24-21(27)12-11-18-14-23-19-5-3-4-6-20(19)25-18/h3-12,14-15H,13H2,1-2H3,(H,24,27)(H,26,28)/b12-11+. The first kappa shape index (κ1) is 19.2. The van der Waals surface area contributed by atoms with E-state index in [0.717, 1.165) is 22.3 Å². The number of anilines is 1. The van der Waals surface area contributed by atoms with Crippen LogP contribution in [0.25, 0.3) is 17.1 Å². The summed E-state index contributed by atoms with van der Waals surface area (Å²) in [5, 5.41) is 5.66. The summed E-state index contributed by atoms with van der Waals surface area (Å²) in [4.78, 5) is 32.5. The van der Waals surface area contributed by atoms with Crippen LogP contribution in [0, 0.1) is 5.92 Å². The topological polar surface area (TPSA) is 84.0 Å². The first-order valence-electron chi connectivity index (χ1n) is 9.09. The molecule has 3 rings (SSSR count). The lowest BCUT2D eigenvalue weighted by molar-refractivity contribution is -0.119. The first-order valence-corrected chi connectivity index (χ1v) is 9.09. The van der Waals surface area contributed by atoms with Crippen LogP contribution in [-0.2, 0) is 16.1 Å². The number of fused-ring (bicyclic) bond motifs is 1. The first-order chi connectivity index (χ1) is 13.5. The molecule has 0 bridgehead atoms. The van der Waals surface area contributed by atoms with Crippen molar-refractivity contribution in [2.45, 2.75) is 20.4 Å². The zero-order valence-electron chi connectivity index (χ0n) is 15.8. The number of hydrogen-bond acceptors (Lipinski definition) is 4. The molecule has 6 heteroatoms. The second-order valence-electron chi connectivity index (χ2n) is 6.68. The minimum Gasteiger partial charge on any atom is -0.348 e. The van der Waals surface area contributed by atoms with E-state index in [1.165, 1.54) is 6.08 Å². The fourth-order valence-electron chi connectivity index (χ4n) is 2.45. The molecule has 2 N–H and O–H groups in total. The van der Waals surface area contributed by atoms with Crippen molar-refractivity contribution >= 4 is 34.6 Å². The van der Waals surface area contributed by atoms with Crippen LogP contribution in [0.2, 0.25) is 0 Å². The number of carbonyl (C=O) groups is 2. The average molecular weight is 374 g/mol. The number of amides is 2. The van der Waals surface area contributed by atoms with Crippen LogP contribution in [0.5, 0.6) is 0 Å². The summed E-state index contributed by atoms with van der Waals surface area (Å²) in [6.45, 7) is 4.08. The van der Waals surface area contributed by atoms with Gasteiger partial charge in [0.15, 0.2) is 0 Å². The van der Waals surface area contributed by atoms with Crippen molar-refractivity contribution in [1.82, 2.24) is 15.3 Å². The molecule has 0 aliphatic heterocycles. The summed E-state index contributed by atoms with van der Waals surface area (Å²) in [6.07, 6.45) is 4.71. The fourth-order valence-corrected chi connectivity index (χ4v) is 2.45. The molecule has 0 unspecified atom stereocenters. The highest BCUT2D eigenvalue weighted by molar-refractivity contribution is 5.92. The van der Waals surface area contributed by atoms with Crippen LogP contribution in [0.3, 0.4) is 0 Å². The van der Waals surface area contributed by atoms with Gasteiger partial charge in [-0.25, -0.2) is 4.98 Å². The van der Waals surface area contributed by atoms with Crippen molar-refractivity contribution in [2.75, 3.05) is 5.32 Å². The third-order valence-corrected chi connectivity index (χ3v) is 4.09. The second-order valence-corrected chi connectivity index (χ2v) is 6.68. The van der Waals surface area contributed by atoms with Crippen molar-refractivity contribution in [3.05, 3.63) is 72.1 Å². The Bertz CT molecular complexity index is 1010. The summed E-state index contributed by atoms with van der Waals surface area (Å²) >= 11 is 0. The molecule has 0 saturated carbocycles. The van der Waals surface area contributed by atoms with Gasteiger partial charge in [-0.2, -0.15) is 0 Å². The van der Waals surface area contributed by atoms with E-state index >= 15 is 0 Å². The van der Waals surface area contributed by atoms with Gasteiger partial charge in [0.05, 0.1) is 22.9 Å². The molecule has 3 aromatic rings. The molecule has 28 heavy (non-hydrogen) atoms. The van der Waals surface area contributed by atoms with Crippen molar-refractivity contribution in [1.29, 1.82) is 0 Å². The van der Waals surface area contributed by atoms with E-state index in [2.05, 4.69) is 20.6 Å². The number of para-hydroxylation sites is 2. The van der Waals surface area contributed by atoms with Gasteiger partial charge in [-0.05, 0) is 35.9 Å². The lowest BCUT2D eigenvalue weighted by Gasteiger charge is -2.08. The van der Waals surface area contributed by atoms with Crippen LogP contribution < -0.4 is 10.6 Å². The molecular formula is C22H22N4O2. The predicted octanol–water partition coefficient (Wildman–Crippen LogP) is 3.55. The molecule has 1 aromatic heterocycles. The highest BCUT2D eigenvalue weighted by atomic mass is 16.2. The monoisotopic (exact) mass is 374 g/mol. The minimum absolute atomic E-state index is 0.0250. The summed E-state index contributed by atoms with van der Waals surface area (Å²) in [7, 11) is 0. The average Bonchev–Trinajstić information content (AvgIpc) is 2.71. The number of hydrogen-bond donors (Lipinski definition) is 2. The molecular weight excluding hydrogens is 352 g/mol. The molecule has 2 amide bonds. The summed E-state index contributed by atoms with van der Waals surface area (Å²) < 4.78 is 0. The Morgan fingerprint density at radius 2 is 1.75 bits per heavy atom. The van der Waals surface area contributed by atoms with Gasteiger partial charge >= 0.3 is 0 Å². The zero-order valence-corrected chi connectivity index (χ0v) is 15.8. The summed E-state index contributed by atoms with van der Waals surface area (Å²) in [5.74, 6) is -0.312. The Balaban J connectivity index is 1.53. The van der Waals surface area contributed by atoms with E-state index in [4.69, 9.17) is 0 Å². The smallest absolute Gasteiger partial charge is 0.244 e. The van der Waals surface area contributed by atoms with Crippen LogP contribution >= 0.6 is 0 Å². The minimum atomic E-state index is -0.216. The molecule has 0 radical (unpaired) electrons. The second kappa shape index (κ2) is 8.90. The Kier molecular flexibility index (Phi) is 6.11. The molecule has 0 saturated heterocycles. The van der Waals surface area contributed by atoms with Gasteiger partial charge in [-0.1, -0.05) is 38.1 Å². The Hall–Kier alpha value is -3.54. The van der Waals surface area contributed by atoms with Gasteiger partial charge in [0.1, 0.15) is 0 Å². The Morgan fingerprint density at radius 3 is 2.46 bits per heavy atom. The Labute approximate surface area is 163 Å². The van der Waals surface area contributed by atoms with E-state index in [9.17, 15) is 9.59 Å². The van der Waals surface area contributed by atoms with Crippen molar-refractivity contribution < 1.29 is 9.59 Å². The number of nitrogens with one attached hydrogen (secondary N) is 2. The number of benzene rings is 2. The molecule has 0 aliphatic rings. The van der Waals surface area contributed by atoms with Crippen LogP contribution in [0.4, 0.5) is 5.69 Å². The number of nitrogens with zero attached hydrogens (tertiary/aromatic N) is 2. The lowest BCUT2D eigenvalue weighted by atomic mass is 10.1.